The van der Waals surface area contributed by atoms with Gasteiger partial charge in [0.15, 0.2) is 0 Å². The van der Waals surface area contributed by atoms with Crippen LogP contribution in [0.2, 0.25) is 0 Å². The highest BCUT2D eigenvalue weighted by Crippen LogP contribution is 2.34. The van der Waals surface area contributed by atoms with E-state index in [1.165, 1.54) is 0 Å². The zero-order chi connectivity index (χ0) is 20.7. The van der Waals surface area contributed by atoms with Crippen molar-refractivity contribution in [1.29, 1.82) is 0 Å². The van der Waals surface area contributed by atoms with Crippen molar-refractivity contribution in [3.63, 3.8) is 0 Å². The Morgan fingerprint density at radius 3 is 2.70 bits per heavy atom. The highest BCUT2D eigenvalue weighted by atomic mass is 16.1. The SMILES string of the molecule is CN(C)c1cccc(C(=O)Nc2cc(-c3cccc4[nH]ccc34)cc3[nH]ncc23)c1. The van der Waals surface area contributed by atoms with E-state index >= 15 is 0 Å². The molecule has 0 spiro atoms. The first kappa shape index (κ1) is 18.0. The van der Waals surface area contributed by atoms with E-state index in [-0.39, 0.29) is 5.91 Å². The van der Waals surface area contributed by atoms with E-state index in [0.717, 1.165) is 44.3 Å². The Bertz CT molecular complexity index is 1380. The van der Waals surface area contributed by atoms with E-state index in [4.69, 9.17) is 0 Å². The van der Waals surface area contributed by atoms with Gasteiger partial charge in [-0.15, -0.1) is 0 Å². The molecule has 6 heteroatoms. The van der Waals surface area contributed by atoms with E-state index in [0.29, 0.717) is 5.56 Å². The highest BCUT2D eigenvalue weighted by molar-refractivity contribution is 6.10. The summed E-state index contributed by atoms with van der Waals surface area (Å²) >= 11 is 0. The molecule has 0 bridgehead atoms. The maximum Gasteiger partial charge on any atom is 0.255 e. The minimum Gasteiger partial charge on any atom is -0.378 e. The lowest BCUT2D eigenvalue weighted by atomic mass is 9.99. The molecule has 30 heavy (non-hydrogen) atoms. The van der Waals surface area contributed by atoms with Gasteiger partial charge in [0.25, 0.3) is 5.91 Å². The maximum absolute atomic E-state index is 13.0. The smallest absolute Gasteiger partial charge is 0.255 e. The van der Waals surface area contributed by atoms with Gasteiger partial charge in [0, 0.05) is 47.8 Å². The lowest BCUT2D eigenvalue weighted by Gasteiger charge is -2.14. The van der Waals surface area contributed by atoms with Crippen LogP contribution in [0.15, 0.2) is 73.1 Å². The van der Waals surface area contributed by atoms with Crippen LogP contribution in [0.5, 0.6) is 0 Å². The Labute approximate surface area is 173 Å². The Balaban J connectivity index is 1.58. The zero-order valence-corrected chi connectivity index (χ0v) is 16.7. The summed E-state index contributed by atoms with van der Waals surface area (Å²) in [5, 5.41) is 12.3. The summed E-state index contributed by atoms with van der Waals surface area (Å²) in [6.07, 6.45) is 3.67. The second kappa shape index (κ2) is 7.08. The summed E-state index contributed by atoms with van der Waals surface area (Å²) in [7, 11) is 3.91. The van der Waals surface area contributed by atoms with Crippen molar-refractivity contribution in [2.75, 3.05) is 24.3 Å². The third-order valence-corrected chi connectivity index (χ3v) is 5.34. The van der Waals surface area contributed by atoms with Gasteiger partial charge in [-0.05, 0) is 53.6 Å². The molecule has 2 heterocycles. The molecule has 0 aliphatic rings. The Morgan fingerprint density at radius 2 is 1.83 bits per heavy atom. The zero-order valence-electron chi connectivity index (χ0n) is 16.7. The summed E-state index contributed by atoms with van der Waals surface area (Å²) in [4.78, 5) is 18.2. The van der Waals surface area contributed by atoms with Gasteiger partial charge in [0.1, 0.15) is 0 Å². The van der Waals surface area contributed by atoms with Gasteiger partial charge in [0.2, 0.25) is 0 Å². The quantitative estimate of drug-likeness (QED) is 0.399. The Morgan fingerprint density at radius 1 is 0.967 bits per heavy atom. The van der Waals surface area contributed by atoms with Gasteiger partial charge < -0.3 is 15.2 Å². The molecule has 5 rings (SSSR count). The molecule has 0 unspecified atom stereocenters. The summed E-state index contributed by atoms with van der Waals surface area (Å²) in [6.45, 7) is 0. The van der Waals surface area contributed by atoms with Gasteiger partial charge in [-0.25, -0.2) is 0 Å². The number of carbonyl (C=O) groups excluding carboxylic acids is 1. The van der Waals surface area contributed by atoms with Crippen LogP contribution in [0, 0.1) is 0 Å². The number of anilines is 2. The number of nitrogens with one attached hydrogen (secondary N) is 3. The van der Waals surface area contributed by atoms with Crippen molar-refractivity contribution in [2.24, 2.45) is 0 Å². The van der Waals surface area contributed by atoms with Crippen LogP contribution in [-0.2, 0) is 0 Å². The number of aromatic amines is 2. The molecule has 3 N–H and O–H groups in total. The maximum atomic E-state index is 13.0. The second-order valence-electron chi connectivity index (χ2n) is 7.50. The molecule has 0 aliphatic heterocycles. The van der Waals surface area contributed by atoms with Crippen LogP contribution in [-0.4, -0.2) is 35.2 Å². The fourth-order valence-electron chi connectivity index (χ4n) is 3.77. The van der Waals surface area contributed by atoms with Crippen molar-refractivity contribution < 1.29 is 4.79 Å². The number of hydrogen-bond acceptors (Lipinski definition) is 3. The molecule has 0 atom stereocenters. The van der Waals surface area contributed by atoms with Crippen LogP contribution in [0.4, 0.5) is 11.4 Å². The lowest BCUT2D eigenvalue weighted by molar-refractivity contribution is 0.102. The normalized spacial score (nSPS) is 11.1. The van der Waals surface area contributed by atoms with E-state index < -0.39 is 0 Å². The number of aromatic nitrogens is 3. The molecule has 0 fully saturated rings. The summed E-state index contributed by atoms with van der Waals surface area (Å²) < 4.78 is 0. The largest absolute Gasteiger partial charge is 0.378 e. The van der Waals surface area contributed by atoms with Gasteiger partial charge in [-0.2, -0.15) is 5.10 Å². The van der Waals surface area contributed by atoms with Crippen LogP contribution >= 0.6 is 0 Å². The van der Waals surface area contributed by atoms with Crippen LogP contribution in [0.25, 0.3) is 32.9 Å². The minimum atomic E-state index is -0.154. The Hall–Kier alpha value is -4.06. The number of rotatable bonds is 4. The number of fused-ring (bicyclic) bond motifs is 2. The Kier molecular flexibility index (Phi) is 4.25. The van der Waals surface area contributed by atoms with Crippen molar-refractivity contribution in [3.05, 3.63) is 78.6 Å². The predicted octanol–water partition coefficient (Wildman–Crippen LogP) is 5.03. The molecule has 148 valence electrons. The number of nitrogens with zero attached hydrogens (tertiary/aromatic N) is 2. The van der Waals surface area contributed by atoms with Gasteiger partial charge >= 0.3 is 0 Å². The molecule has 0 aliphatic carbocycles. The molecule has 1 amide bonds. The molecule has 0 saturated carbocycles. The van der Waals surface area contributed by atoms with Gasteiger partial charge in [0.05, 0.1) is 17.4 Å². The first-order valence-electron chi connectivity index (χ1n) is 9.72. The van der Waals surface area contributed by atoms with Crippen LogP contribution < -0.4 is 10.2 Å². The molecule has 3 aromatic carbocycles. The van der Waals surface area contributed by atoms with Gasteiger partial charge in [-0.1, -0.05) is 18.2 Å². The number of H-pyrrole nitrogens is 2. The molecule has 0 radical (unpaired) electrons. The fraction of sp³-hybridized carbons (Fsp3) is 0.0833. The fourth-order valence-corrected chi connectivity index (χ4v) is 3.77. The number of carbonyl (C=O) groups is 1. The molecule has 5 aromatic rings. The average molecular weight is 395 g/mol. The molecule has 2 aromatic heterocycles. The van der Waals surface area contributed by atoms with Crippen molar-refractivity contribution in [3.8, 4) is 11.1 Å². The van der Waals surface area contributed by atoms with Crippen molar-refractivity contribution >= 4 is 39.1 Å². The first-order chi connectivity index (χ1) is 14.6. The summed E-state index contributed by atoms with van der Waals surface area (Å²) in [6, 6.07) is 19.9. The molecular formula is C24H21N5O. The van der Waals surface area contributed by atoms with E-state index in [1.54, 1.807) is 6.20 Å². The van der Waals surface area contributed by atoms with Crippen LogP contribution in [0.3, 0.4) is 0 Å². The monoisotopic (exact) mass is 395 g/mol. The van der Waals surface area contributed by atoms with Crippen molar-refractivity contribution in [1.82, 2.24) is 15.2 Å². The van der Waals surface area contributed by atoms with Crippen molar-refractivity contribution in [2.45, 2.75) is 0 Å². The molecular weight excluding hydrogens is 374 g/mol. The number of amides is 1. The lowest BCUT2D eigenvalue weighted by Crippen LogP contribution is -2.14. The topological polar surface area (TPSA) is 76.8 Å². The van der Waals surface area contributed by atoms with E-state index in [2.05, 4.69) is 38.7 Å². The minimum absolute atomic E-state index is 0.154. The van der Waals surface area contributed by atoms with Crippen LogP contribution in [0.1, 0.15) is 10.4 Å². The predicted molar refractivity (Wildman–Crippen MR) is 122 cm³/mol. The van der Waals surface area contributed by atoms with Gasteiger partial charge in [-0.3, -0.25) is 9.89 Å². The number of benzene rings is 3. The summed E-state index contributed by atoms with van der Waals surface area (Å²) in [5.74, 6) is -0.154. The first-order valence-corrected chi connectivity index (χ1v) is 9.72. The second-order valence-corrected chi connectivity index (χ2v) is 7.50. The van der Waals surface area contributed by atoms with E-state index in [1.807, 2.05) is 67.7 Å². The summed E-state index contributed by atoms with van der Waals surface area (Å²) in [5.41, 5.74) is 6.36. The third kappa shape index (κ3) is 3.08. The molecule has 0 saturated heterocycles. The molecule has 6 nitrogen and oxygen atoms in total. The third-order valence-electron chi connectivity index (χ3n) is 5.34. The average Bonchev–Trinajstić information content (AvgIpc) is 3.42. The van der Waals surface area contributed by atoms with E-state index in [9.17, 15) is 4.79 Å². The standard InChI is InChI=1S/C24H21N5O/c1-29(2)17-6-3-5-15(11-17)24(30)27-22-12-16(13-23-20(22)14-26-28-23)18-7-4-8-21-19(18)9-10-25-21/h3-14,25H,1-2H3,(H,26,28)(H,27,30). The number of hydrogen-bond donors (Lipinski definition) is 3. The highest BCUT2D eigenvalue weighted by Gasteiger charge is 2.14.